The van der Waals surface area contributed by atoms with Gasteiger partial charge in [-0.2, -0.15) is 0 Å². The number of ether oxygens (including phenoxy) is 3. The molecule has 2 aliphatic rings. The lowest BCUT2D eigenvalue weighted by Crippen LogP contribution is -2.45. The van der Waals surface area contributed by atoms with E-state index in [1.807, 2.05) is 29.9 Å². The monoisotopic (exact) mass is 700 g/mol. The fourth-order valence-corrected chi connectivity index (χ4v) is 6.80. The van der Waals surface area contributed by atoms with Crippen molar-refractivity contribution in [2.24, 2.45) is 0 Å². The highest BCUT2D eigenvalue weighted by Crippen LogP contribution is 2.35. The number of benzene rings is 1. The van der Waals surface area contributed by atoms with E-state index in [9.17, 15) is 8.42 Å². The molecule has 1 N–H and O–H groups in total. The van der Waals surface area contributed by atoms with Gasteiger partial charge in [-0.1, -0.05) is 24.6 Å². The SMILES string of the molecule is CCS(=O)(=O)CCOc1nn(C2CCC(N3CCOCC3)CC2)cc1Nc1ncc(-c2ccc(Cl)c(O[C@@H](C)Cn3cnnn3)c2)cn1. The highest BCUT2D eigenvalue weighted by molar-refractivity contribution is 7.91. The van der Waals surface area contributed by atoms with Crippen molar-refractivity contribution in [3.63, 3.8) is 0 Å². The number of nitrogens with zero attached hydrogens (tertiary/aromatic N) is 9. The number of hydrogen-bond acceptors (Lipinski definition) is 13. The van der Waals surface area contributed by atoms with Crippen LogP contribution < -0.4 is 14.8 Å². The first-order valence-electron chi connectivity index (χ1n) is 16.3. The predicted molar refractivity (Wildman–Crippen MR) is 179 cm³/mol. The molecule has 1 aromatic carbocycles. The molecule has 48 heavy (non-hydrogen) atoms. The molecule has 0 amide bonds. The Hall–Kier alpha value is -3.86. The molecule has 4 heterocycles. The molecule has 0 unspecified atom stereocenters. The largest absolute Gasteiger partial charge is 0.487 e. The summed E-state index contributed by atoms with van der Waals surface area (Å²) < 4.78 is 45.3. The second-order valence-electron chi connectivity index (χ2n) is 12.0. The van der Waals surface area contributed by atoms with E-state index in [2.05, 4.69) is 35.7 Å². The second-order valence-corrected chi connectivity index (χ2v) is 14.9. The van der Waals surface area contributed by atoms with Crippen molar-refractivity contribution >= 4 is 33.1 Å². The molecule has 2 fully saturated rings. The van der Waals surface area contributed by atoms with E-state index in [1.54, 1.807) is 30.1 Å². The third kappa shape index (κ3) is 8.78. The molecule has 0 spiro atoms. The van der Waals surface area contributed by atoms with E-state index in [4.69, 9.17) is 30.9 Å². The summed E-state index contributed by atoms with van der Waals surface area (Å²) in [5.74, 6) is 1.16. The highest BCUT2D eigenvalue weighted by Gasteiger charge is 2.29. The predicted octanol–water partition coefficient (Wildman–Crippen LogP) is 3.82. The molecule has 17 heteroatoms. The van der Waals surface area contributed by atoms with Gasteiger partial charge in [0.25, 0.3) is 5.88 Å². The van der Waals surface area contributed by atoms with Gasteiger partial charge in [-0.3, -0.25) is 9.58 Å². The smallest absolute Gasteiger partial charge is 0.256 e. The van der Waals surface area contributed by atoms with Gasteiger partial charge in [0.2, 0.25) is 5.95 Å². The lowest BCUT2D eigenvalue weighted by molar-refractivity contribution is 0.00503. The maximum absolute atomic E-state index is 12.1. The normalized spacial score (nSPS) is 19.6. The van der Waals surface area contributed by atoms with Gasteiger partial charge in [0, 0.05) is 42.8 Å². The summed E-state index contributed by atoms with van der Waals surface area (Å²) in [6, 6.07) is 6.26. The van der Waals surface area contributed by atoms with E-state index in [0.717, 1.165) is 63.1 Å². The van der Waals surface area contributed by atoms with Crippen LogP contribution in [0.25, 0.3) is 11.1 Å². The third-order valence-corrected chi connectivity index (χ3v) is 10.7. The molecule has 1 saturated heterocycles. The number of aromatic nitrogens is 8. The van der Waals surface area contributed by atoms with Crippen LogP contribution >= 0.6 is 11.6 Å². The van der Waals surface area contributed by atoms with Crippen LogP contribution in [-0.4, -0.2) is 110 Å². The summed E-state index contributed by atoms with van der Waals surface area (Å²) in [5.41, 5.74) is 2.17. The Morgan fingerprint density at radius 3 is 2.54 bits per heavy atom. The Labute approximate surface area is 284 Å². The number of anilines is 2. The van der Waals surface area contributed by atoms with Gasteiger partial charge in [0.05, 0.1) is 42.8 Å². The maximum atomic E-state index is 12.1. The van der Waals surface area contributed by atoms with Crippen molar-refractivity contribution in [3.8, 4) is 22.8 Å². The van der Waals surface area contributed by atoms with Crippen molar-refractivity contribution in [3.05, 3.63) is 48.1 Å². The van der Waals surface area contributed by atoms with Crippen LogP contribution in [-0.2, 0) is 21.1 Å². The van der Waals surface area contributed by atoms with E-state index in [-0.39, 0.29) is 30.3 Å². The van der Waals surface area contributed by atoms with E-state index in [0.29, 0.717) is 40.9 Å². The molecular weight excluding hydrogens is 660 g/mol. The van der Waals surface area contributed by atoms with Crippen molar-refractivity contribution in [1.82, 2.24) is 44.9 Å². The van der Waals surface area contributed by atoms with Gasteiger partial charge in [0.15, 0.2) is 9.84 Å². The summed E-state index contributed by atoms with van der Waals surface area (Å²) in [6.07, 6.45) is 10.7. The van der Waals surface area contributed by atoms with Crippen LogP contribution in [0.1, 0.15) is 45.6 Å². The molecule has 1 atom stereocenters. The average Bonchev–Trinajstić information content (AvgIpc) is 3.76. The van der Waals surface area contributed by atoms with Gasteiger partial charge in [0.1, 0.15) is 30.5 Å². The summed E-state index contributed by atoms with van der Waals surface area (Å²) in [4.78, 5) is 11.6. The molecule has 258 valence electrons. The fraction of sp³-hybridized carbons (Fsp3) is 0.548. The van der Waals surface area contributed by atoms with E-state index >= 15 is 0 Å². The van der Waals surface area contributed by atoms with Crippen LogP contribution in [0.5, 0.6) is 11.6 Å². The minimum Gasteiger partial charge on any atom is -0.487 e. The summed E-state index contributed by atoms with van der Waals surface area (Å²) in [6.45, 7) is 7.56. The highest BCUT2D eigenvalue weighted by atomic mass is 35.5. The number of tetrazole rings is 1. The van der Waals surface area contributed by atoms with Gasteiger partial charge >= 0.3 is 0 Å². The number of sulfone groups is 1. The molecule has 0 bridgehead atoms. The fourth-order valence-electron chi connectivity index (χ4n) is 6.01. The first kappa shape index (κ1) is 34.0. The summed E-state index contributed by atoms with van der Waals surface area (Å²) >= 11 is 6.44. The van der Waals surface area contributed by atoms with Crippen LogP contribution in [0.4, 0.5) is 11.6 Å². The minimum absolute atomic E-state index is 0.000738. The zero-order valence-corrected chi connectivity index (χ0v) is 28.7. The van der Waals surface area contributed by atoms with Crippen molar-refractivity contribution in [2.75, 3.05) is 49.7 Å². The second kappa shape index (κ2) is 15.6. The molecule has 15 nitrogen and oxygen atoms in total. The van der Waals surface area contributed by atoms with Crippen LogP contribution in [0.3, 0.4) is 0 Å². The van der Waals surface area contributed by atoms with E-state index in [1.165, 1.54) is 6.33 Å². The zero-order chi connectivity index (χ0) is 33.5. The average molecular weight is 701 g/mol. The maximum Gasteiger partial charge on any atom is 0.256 e. The Kier molecular flexibility index (Phi) is 11.0. The van der Waals surface area contributed by atoms with Crippen molar-refractivity contribution in [2.45, 2.75) is 64.3 Å². The standard InChI is InChI=1S/C31H41ClN10O5S/c1-3-48(43,44)15-14-46-30-28(20-42(37-30)26-7-5-25(6-8-26)40-10-12-45-13-11-40)36-31-33-17-24(18-34-31)23-4-9-27(32)29(16-23)47-22(2)19-41-21-35-38-39-41/h4,9,16-18,20-22,25-26H,3,5-8,10-15,19H2,1-2H3,(H,33,34,36)/t22-,25?,26?/m0/s1. The quantitative estimate of drug-likeness (QED) is 0.202. The first-order valence-corrected chi connectivity index (χ1v) is 18.5. The summed E-state index contributed by atoms with van der Waals surface area (Å²) in [7, 11) is -3.19. The third-order valence-electron chi connectivity index (χ3n) is 8.70. The summed E-state index contributed by atoms with van der Waals surface area (Å²) in [5, 5.41) is 19.6. The van der Waals surface area contributed by atoms with Crippen molar-refractivity contribution < 1.29 is 22.6 Å². The first-order chi connectivity index (χ1) is 23.3. The zero-order valence-electron chi connectivity index (χ0n) is 27.1. The minimum atomic E-state index is -3.19. The molecule has 0 radical (unpaired) electrons. The van der Waals surface area contributed by atoms with Crippen LogP contribution in [0.15, 0.2) is 43.1 Å². The van der Waals surface area contributed by atoms with Crippen LogP contribution in [0, 0.1) is 0 Å². The Balaban J connectivity index is 1.14. The van der Waals surface area contributed by atoms with E-state index < -0.39 is 9.84 Å². The molecule has 1 aliphatic carbocycles. The molecule has 1 saturated carbocycles. The Morgan fingerprint density at radius 2 is 1.83 bits per heavy atom. The van der Waals surface area contributed by atoms with Gasteiger partial charge < -0.3 is 19.5 Å². The van der Waals surface area contributed by atoms with Crippen LogP contribution in [0.2, 0.25) is 5.02 Å². The Bertz CT molecular complexity index is 1720. The number of halogens is 1. The lowest BCUT2D eigenvalue weighted by Gasteiger charge is -2.38. The number of rotatable bonds is 14. The molecular formula is C31H41ClN10O5S. The lowest BCUT2D eigenvalue weighted by atomic mass is 9.90. The van der Waals surface area contributed by atoms with Crippen molar-refractivity contribution in [1.29, 1.82) is 0 Å². The number of morpholine rings is 1. The van der Waals surface area contributed by atoms with Gasteiger partial charge in [-0.25, -0.2) is 23.1 Å². The molecule has 3 aromatic heterocycles. The Morgan fingerprint density at radius 1 is 1.08 bits per heavy atom. The molecule has 4 aromatic rings. The molecule has 6 rings (SSSR count). The van der Waals surface area contributed by atoms with Gasteiger partial charge in [-0.15, -0.1) is 10.2 Å². The number of hydrogen-bond donors (Lipinski definition) is 1. The molecule has 1 aliphatic heterocycles. The topological polar surface area (TPSA) is 164 Å². The van der Waals surface area contributed by atoms with Gasteiger partial charge in [-0.05, 0) is 60.7 Å². The number of nitrogens with one attached hydrogen (secondary N) is 1.